The number of halogens is 5. The number of allylic oxidation sites excluding steroid dienone is 1. The van der Waals surface area contributed by atoms with Crippen molar-refractivity contribution in [2.24, 2.45) is 0 Å². The van der Waals surface area contributed by atoms with Crippen LogP contribution in [0, 0.1) is 0 Å². The molecule has 15 heavy (non-hydrogen) atoms. The zero-order valence-corrected chi connectivity index (χ0v) is 9.83. The van der Waals surface area contributed by atoms with Crippen LogP contribution in [0.5, 0.6) is 0 Å². The van der Waals surface area contributed by atoms with Gasteiger partial charge in [0.1, 0.15) is 0 Å². The van der Waals surface area contributed by atoms with Gasteiger partial charge in [-0.25, -0.2) is 0 Å². The van der Waals surface area contributed by atoms with Gasteiger partial charge in [0, 0.05) is 5.33 Å². The maximum atomic E-state index is 12.4. The van der Waals surface area contributed by atoms with Gasteiger partial charge in [0.2, 0.25) is 0 Å². The van der Waals surface area contributed by atoms with E-state index >= 15 is 0 Å². The average molecular weight is 300 g/mol. The fraction of sp³-hybridized carbons (Fsp3) is 0.200. The van der Waals surface area contributed by atoms with Gasteiger partial charge in [-0.2, -0.15) is 13.2 Å². The lowest BCUT2D eigenvalue weighted by Crippen LogP contribution is -2.06. The van der Waals surface area contributed by atoms with Crippen LogP contribution in [0.4, 0.5) is 13.2 Å². The first-order chi connectivity index (χ1) is 6.96. The highest BCUT2D eigenvalue weighted by Gasteiger charge is 2.33. The Balaban J connectivity index is 3.17. The molecule has 0 nitrogen and oxygen atoms in total. The molecule has 82 valence electrons. The van der Waals surface area contributed by atoms with Crippen LogP contribution in [0.15, 0.2) is 24.3 Å². The zero-order chi connectivity index (χ0) is 11.5. The quantitative estimate of drug-likeness (QED) is 0.690. The Morgan fingerprint density at radius 2 is 2.00 bits per heavy atom. The van der Waals surface area contributed by atoms with Gasteiger partial charge in [-0.1, -0.05) is 51.8 Å². The highest BCUT2D eigenvalue weighted by Crippen LogP contribution is 2.36. The Morgan fingerprint density at radius 1 is 1.33 bits per heavy atom. The molecule has 0 aliphatic carbocycles. The Kier molecular flexibility index (Phi) is 4.22. The highest BCUT2D eigenvalue weighted by molar-refractivity contribution is 9.09. The van der Waals surface area contributed by atoms with Crippen LogP contribution in [-0.2, 0) is 6.18 Å². The maximum Gasteiger partial charge on any atom is 0.417 e. The lowest BCUT2D eigenvalue weighted by atomic mass is 10.1. The molecule has 0 aliphatic rings. The third-order valence-corrected chi connectivity index (χ3v) is 2.52. The first-order valence-corrected chi connectivity index (χ1v) is 5.55. The van der Waals surface area contributed by atoms with E-state index in [2.05, 4.69) is 15.9 Å². The maximum absolute atomic E-state index is 12.4. The molecular formula is C10H7BrClF3. The summed E-state index contributed by atoms with van der Waals surface area (Å²) >= 11 is 8.78. The third kappa shape index (κ3) is 3.24. The van der Waals surface area contributed by atoms with E-state index in [1.54, 1.807) is 12.2 Å². The molecule has 0 bridgehead atoms. The summed E-state index contributed by atoms with van der Waals surface area (Å²) in [5, 5.41) is 0.307. The minimum Gasteiger partial charge on any atom is -0.166 e. The SMILES string of the molecule is FC(F)(F)c1cccc(C=CCBr)c1Cl. The van der Waals surface area contributed by atoms with E-state index in [-0.39, 0.29) is 5.02 Å². The van der Waals surface area contributed by atoms with Crippen molar-refractivity contribution in [3.05, 3.63) is 40.4 Å². The molecule has 0 aliphatic heterocycles. The smallest absolute Gasteiger partial charge is 0.166 e. The van der Waals surface area contributed by atoms with Crippen molar-refractivity contribution in [3.63, 3.8) is 0 Å². The van der Waals surface area contributed by atoms with Crippen molar-refractivity contribution in [1.82, 2.24) is 0 Å². The number of alkyl halides is 4. The first kappa shape index (κ1) is 12.6. The molecule has 0 amide bonds. The summed E-state index contributed by atoms with van der Waals surface area (Å²) in [4.78, 5) is 0. The van der Waals surface area contributed by atoms with E-state index in [0.29, 0.717) is 10.9 Å². The lowest BCUT2D eigenvalue weighted by molar-refractivity contribution is -0.137. The summed E-state index contributed by atoms with van der Waals surface area (Å²) in [5.41, 5.74) is -0.438. The van der Waals surface area contributed by atoms with Crippen LogP contribution < -0.4 is 0 Å². The second kappa shape index (κ2) is 5.03. The van der Waals surface area contributed by atoms with E-state index in [9.17, 15) is 13.2 Å². The molecule has 0 aromatic heterocycles. The van der Waals surface area contributed by atoms with Gasteiger partial charge in [-0.15, -0.1) is 0 Å². The van der Waals surface area contributed by atoms with E-state index < -0.39 is 11.7 Å². The fourth-order valence-electron chi connectivity index (χ4n) is 1.07. The van der Waals surface area contributed by atoms with Gasteiger partial charge in [-0.3, -0.25) is 0 Å². The molecule has 0 radical (unpaired) electrons. The molecule has 0 unspecified atom stereocenters. The largest absolute Gasteiger partial charge is 0.417 e. The zero-order valence-electron chi connectivity index (χ0n) is 7.48. The third-order valence-electron chi connectivity index (χ3n) is 1.72. The molecule has 0 spiro atoms. The van der Waals surface area contributed by atoms with E-state index in [0.717, 1.165) is 6.07 Å². The van der Waals surface area contributed by atoms with Gasteiger partial charge in [-0.05, 0) is 11.6 Å². The van der Waals surface area contributed by atoms with Gasteiger partial charge in [0.15, 0.2) is 0 Å². The molecule has 5 heteroatoms. The summed E-state index contributed by atoms with van der Waals surface area (Å²) in [6, 6.07) is 3.84. The van der Waals surface area contributed by atoms with Crippen LogP contribution in [0.1, 0.15) is 11.1 Å². The molecule has 0 saturated carbocycles. The number of rotatable bonds is 2. The van der Waals surface area contributed by atoms with Crippen molar-refractivity contribution < 1.29 is 13.2 Å². The van der Waals surface area contributed by atoms with Crippen molar-refractivity contribution in [2.45, 2.75) is 6.18 Å². The second-order valence-corrected chi connectivity index (χ2v) is 3.79. The normalized spacial score (nSPS) is 12.3. The molecule has 1 rings (SSSR count). The van der Waals surface area contributed by atoms with Crippen molar-refractivity contribution >= 4 is 33.6 Å². The Bertz CT molecular complexity index is 371. The van der Waals surface area contributed by atoms with Crippen LogP contribution in [0.25, 0.3) is 6.08 Å². The van der Waals surface area contributed by atoms with Gasteiger partial charge in [0.05, 0.1) is 10.6 Å². The fourth-order valence-corrected chi connectivity index (χ4v) is 1.55. The molecule has 0 fully saturated rings. The van der Waals surface area contributed by atoms with E-state index in [1.165, 1.54) is 12.1 Å². The average Bonchev–Trinajstić information content (AvgIpc) is 2.14. The minimum atomic E-state index is -4.41. The van der Waals surface area contributed by atoms with Crippen molar-refractivity contribution in [1.29, 1.82) is 0 Å². The summed E-state index contributed by atoms with van der Waals surface area (Å²) in [7, 11) is 0. The summed E-state index contributed by atoms with van der Waals surface area (Å²) in [6.07, 6.45) is -1.18. The lowest BCUT2D eigenvalue weighted by Gasteiger charge is -2.10. The van der Waals surface area contributed by atoms with Crippen molar-refractivity contribution in [2.75, 3.05) is 5.33 Å². The van der Waals surface area contributed by atoms with Crippen LogP contribution in [0.3, 0.4) is 0 Å². The summed E-state index contributed by atoms with van der Waals surface area (Å²) in [6.45, 7) is 0. The number of hydrogen-bond donors (Lipinski definition) is 0. The Hall–Kier alpha value is -0.480. The molecule has 0 N–H and O–H groups in total. The molecule has 0 saturated heterocycles. The van der Waals surface area contributed by atoms with Gasteiger partial charge < -0.3 is 0 Å². The topological polar surface area (TPSA) is 0 Å². The highest BCUT2D eigenvalue weighted by atomic mass is 79.9. The Labute approximate surface area is 98.9 Å². The van der Waals surface area contributed by atoms with E-state index in [1.807, 2.05) is 0 Å². The van der Waals surface area contributed by atoms with Gasteiger partial charge >= 0.3 is 6.18 Å². The number of hydrogen-bond acceptors (Lipinski definition) is 0. The molecule has 0 heterocycles. The van der Waals surface area contributed by atoms with Crippen LogP contribution in [0.2, 0.25) is 5.02 Å². The summed E-state index contributed by atoms with van der Waals surface area (Å²) in [5.74, 6) is 0. The predicted molar refractivity (Wildman–Crippen MR) is 59.3 cm³/mol. The Morgan fingerprint density at radius 3 is 2.53 bits per heavy atom. The standard InChI is InChI=1S/C10H7BrClF3/c11-6-2-4-7-3-1-5-8(9(7)12)10(13,14)15/h1-5H,6H2. The summed E-state index contributed by atoms with van der Waals surface area (Å²) < 4.78 is 37.3. The molecule has 1 aromatic carbocycles. The van der Waals surface area contributed by atoms with Crippen LogP contribution >= 0.6 is 27.5 Å². The molecule has 1 aromatic rings. The van der Waals surface area contributed by atoms with E-state index in [4.69, 9.17) is 11.6 Å². The molecular weight excluding hydrogens is 292 g/mol. The molecule has 0 atom stereocenters. The monoisotopic (exact) mass is 298 g/mol. The first-order valence-electron chi connectivity index (χ1n) is 4.05. The van der Waals surface area contributed by atoms with Crippen molar-refractivity contribution in [3.8, 4) is 0 Å². The minimum absolute atomic E-state index is 0.262. The number of benzene rings is 1. The predicted octanol–water partition coefficient (Wildman–Crippen LogP) is 4.77. The van der Waals surface area contributed by atoms with Gasteiger partial charge in [0.25, 0.3) is 0 Å². The van der Waals surface area contributed by atoms with Crippen LogP contribution in [-0.4, -0.2) is 5.33 Å². The second-order valence-electron chi connectivity index (χ2n) is 2.76.